The molecule has 0 amide bonds. The van der Waals surface area contributed by atoms with Gasteiger partial charge in [0.1, 0.15) is 0 Å². The van der Waals surface area contributed by atoms with Gasteiger partial charge in [-0.1, -0.05) is 13.3 Å². The number of hydrogen-bond acceptors (Lipinski definition) is 1. The summed E-state index contributed by atoms with van der Waals surface area (Å²) in [6, 6.07) is 2.17. The molecule has 0 bridgehead atoms. The van der Waals surface area contributed by atoms with Crippen LogP contribution in [-0.4, -0.2) is 0 Å². The molecule has 2 radical (unpaired) electrons. The van der Waals surface area contributed by atoms with Crippen molar-refractivity contribution < 1.29 is 0 Å². The summed E-state index contributed by atoms with van der Waals surface area (Å²) < 4.78 is 1.19. The summed E-state index contributed by atoms with van der Waals surface area (Å²) in [5.41, 5.74) is 1.41. The van der Waals surface area contributed by atoms with Gasteiger partial charge in [-0.25, -0.2) is 0 Å². The van der Waals surface area contributed by atoms with E-state index in [9.17, 15) is 0 Å². The zero-order chi connectivity index (χ0) is 7.40. The number of unbranched alkanes of at least 4 members (excludes halogenated alkanes) is 1. The van der Waals surface area contributed by atoms with Gasteiger partial charge in [-0.05, 0) is 29.9 Å². The van der Waals surface area contributed by atoms with Crippen molar-refractivity contribution in [2.45, 2.75) is 26.2 Å². The number of rotatable bonds is 3. The third-order valence-electron chi connectivity index (χ3n) is 1.52. The van der Waals surface area contributed by atoms with E-state index in [0.717, 1.165) is 0 Å². The summed E-state index contributed by atoms with van der Waals surface area (Å²) in [6.07, 6.45) is 3.74. The molecule has 0 nitrogen and oxygen atoms in total. The molecule has 2 heteroatoms. The van der Waals surface area contributed by atoms with Crippen molar-refractivity contribution in [3.05, 3.63) is 17.0 Å². The van der Waals surface area contributed by atoms with Crippen molar-refractivity contribution in [3.63, 3.8) is 0 Å². The van der Waals surface area contributed by atoms with Crippen LogP contribution in [0.15, 0.2) is 11.4 Å². The highest BCUT2D eigenvalue weighted by atomic mass is 32.1. The highest BCUT2D eigenvalue weighted by Gasteiger charge is 1.97. The Bertz CT molecular complexity index is 193. The molecule has 0 fully saturated rings. The van der Waals surface area contributed by atoms with Crippen LogP contribution in [0.5, 0.6) is 0 Å². The first kappa shape index (κ1) is 8.23. The van der Waals surface area contributed by atoms with Crippen LogP contribution in [-0.2, 0) is 6.42 Å². The molecule has 0 aliphatic heterocycles. The molecule has 0 atom stereocenters. The Hall–Kier alpha value is 0.130. The predicted octanol–water partition coefficient (Wildman–Crippen LogP) is 3.13. The van der Waals surface area contributed by atoms with E-state index in [2.05, 4.69) is 27.6 Å². The second-order valence-corrected chi connectivity index (χ2v) is 4.02. The van der Waals surface area contributed by atoms with Gasteiger partial charge in [0.05, 0.1) is 0 Å². The van der Waals surface area contributed by atoms with Gasteiger partial charge < -0.3 is 0 Å². The van der Waals surface area contributed by atoms with Crippen LogP contribution in [0, 0.1) is 0 Å². The molecule has 0 aliphatic carbocycles. The maximum absolute atomic E-state index is 4.34. The summed E-state index contributed by atoms with van der Waals surface area (Å²) in [5, 5.41) is 2.10. The van der Waals surface area contributed by atoms with E-state index in [0.29, 0.717) is 0 Å². The van der Waals surface area contributed by atoms with Gasteiger partial charge in [0, 0.05) is 13.9 Å². The van der Waals surface area contributed by atoms with Crippen molar-refractivity contribution in [2.75, 3.05) is 0 Å². The third kappa shape index (κ3) is 2.07. The van der Waals surface area contributed by atoms with E-state index in [4.69, 9.17) is 0 Å². The van der Waals surface area contributed by atoms with Gasteiger partial charge in [-0.2, -0.15) is 0 Å². The first-order valence-electron chi connectivity index (χ1n) is 3.60. The minimum atomic E-state index is 1.19. The molecule has 54 valence electrons. The molecule has 1 aromatic rings. The van der Waals surface area contributed by atoms with Crippen molar-refractivity contribution in [1.82, 2.24) is 0 Å². The summed E-state index contributed by atoms with van der Waals surface area (Å²) >= 11 is 1.72. The molecule has 0 aliphatic rings. The zero-order valence-electron chi connectivity index (χ0n) is 6.13. The lowest BCUT2D eigenvalue weighted by atomic mass is 10.2. The van der Waals surface area contributed by atoms with Gasteiger partial charge in [0.25, 0.3) is 0 Å². The standard InChI is InChI=1S/C8H11PS/c1-2-3-4-7-5-6-10-8(7)9/h5-6H,2-4H2,1H3. The Labute approximate surface area is 68.9 Å². The SMILES string of the molecule is CCCCc1ccsc1[P]. The molecule has 0 spiro atoms. The highest BCUT2D eigenvalue weighted by Crippen LogP contribution is 2.10. The molecule has 0 N–H and O–H groups in total. The molecule has 10 heavy (non-hydrogen) atoms. The molecule has 1 aromatic heterocycles. The topological polar surface area (TPSA) is 0 Å². The molecule has 0 saturated heterocycles. The molecule has 0 saturated carbocycles. The number of hydrogen-bond donors (Lipinski definition) is 0. The van der Waals surface area contributed by atoms with Gasteiger partial charge in [0.2, 0.25) is 0 Å². The highest BCUT2D eigenvalue weighted by molar-refractivity contribution is 7.43. The van der Waals surface area contributed by atoms with Crippen LogP contribution in [0.2, 0.25) is 0 Å². The zero-order valence-corrected chi connectivity index (χ0v) is 7.84. The predicted molar refractivity (Wildman–Crippen MR) is 49.5 cm³/mol. The Kier molecular flexibility index (Phi) is 3.37. The Morgan fingerprint density at radius 2 is 2.40 bits per heavy atom. The van der Waals surface area contributed by atoms with E-state index in [1.165, 1.54) is 29.4 Å². The van der Waals surface area contributed by atoms with Crippen LogP contribution in [0.25, 0.3) is 0 Å². The maximum atomic E-state index is 4.34. The monoisotopic (exact) mass is 170 g/mol. The van der Waals surface area contributed by atoms with Crippen molar-refractivity contribution in [1.29, 1.82) is 0 Å². The molecule has 0 unspecified atom stereocenters. The fraction of sp³-hybridized carbons (Fsp3) is 0.500. The molecular formula is C8H11PS. The normalized spacial score (nSPS) is 10.2. The number of aryl methyl sites for hydroxylation is 1. The Morgan fingerprint density at radius 3 is 2.90 bits per heavy atom. The van der Waals surface area contributed by atoms with Crippen LogP contribution < -0.4 is 4.62 Å². The summed E-state index contributed by atoms with van der Waals surface area (Å²) in [5.74, 6) is 0. The molecule has 1 heterocycles. The van der Waals surface area contributed by atoms with Crippen LogP contribution >= 0.6 is 20.6 Å². The first-order valence-corrected chi connectivity index (χ1v) is 4.92. The van der Waals surface area contributed by atoms with E-state index in [1.807, 2.05) is 0 Å². The van der Waals surface area contributed by atoms with Gasteiger partial charge in [0.15, 0.2) is 0 Å². The molecular weight excluding hydrogens is 159 g/mol. The van der Waals surface area contributed by atoms with E-state index < -0.39 is 0 Å². The Morgan fingerprint density at radius 1 is 1.60 bits per heavy atom. The maximum Gasteiger partial charge on any atom is 0.0411 e. The van der Waals surface area contributed by atoms with Crippen molar-refractivity contribution >= 4 is 25.2 Å². The Balaban J connectivity index is 2.49. The fourth-order valence-corrected chi connectivity index (χ4v) is 1.94. The lowest BCUT2D eigenvalue weighted by Crippen LogP contribution is -1.92. The van der Waals surface area contributed by atoms with Crippen LogP contribution in [0.4, 0.5) is 0 Å². The lowest BCUT2D eigenvalue weighted by Gasteiger charge is -1.94. The number of thiophene rings is 1. The van der Waals surface area contributed by atoms with Gasteiger partial charge in [-0.15, -0.1) is 11.3 Å². The average molecular weight is 170 g/mol. The molecule has 0 aromatic carbocycles. The quantitative estimate of drug-likeness (QED) is 0.611. The minimum absolute atomic E-state index is 1.19. The van der Waals surface area contributed by atoms with Crippen molar-refractivity contribution in [2.24, 2.45) is 0 Å². The van der Waals surface area contributed by atoms with E-state index >= 15 is 0 Å². The lowest BCUT2D eigenvalue weighted by molar-refractivity contribution is 0.799. The fourth-order valence-electron chi connectivity index (χ4n) is 0.885. The minimum Gasteiger partial charge on any atom is -0.143 e. The van der Waals surface area contributed by atoms with Crippen molar-refractivity contribution in [3.8, 4) is 0 Å². The summed E-state index contributed by atoms with van der Waals surface area (Å²) in [4.78, 5) is 0. The second-order valence-electron chi connectivity index (χ2n) is 2.35. The van der Waals surface area contributed by atoms with Gasteiger partial charge in [-0.3, -0.25) is 0 Å². The van der Waals surface area contributed by atoms with Crippen LogP contribution in [0.3, 0.4) is 0 Å². The van der Waals surface area contributed by atoms with Crippen LogP contribution in [0.1, 0.15) is 25.3 Å². The van der Waals surface area contributed by atoms with E-state index in [1.54, 1.807) is 11.3 Å². The first-order chi connectivity index (χ1) is 4.84. The van der Waals surface area contributed by atoms with E-state index in [-0.39, 0.29) is 0 Å². The largest absolute Gasteiger partial charge is 0.143 e. The molecule has 1 rings (SSSR count). The average Bonchev–Trinajstić information content (AvgIpc) is 2.31. The third-order valence-corrected chi connectivity index (χ3v) is 2.88. The smallest absolute Gasteiger partial charge is 0.0411 e. The summed E-state index contributed by atoms with van der Waals surface area (Å²) in [7, 11) is 4.34. The summed E-state index contributed by atoms with van der Waals surface area (Å²) in [6.45, 7) is 2.21. The second kappa shape index (κ2) is 4.10. The van der Waals surface area contributed by atoms with Gasteiger partial charge >= 0.3 is 0 Å².